The summed E-state index contributed by atoms with van der Waals surface area (Å²) in [7, 11) is 0. The predicted molar refractivity (Wildman–Crippen MR) is 92.5 cm³/mol. The van der Waals surface area contributed by atoms with Crippen molar-refractivity contribution in [3.63, 3.8) is 0 Å². The van der Waals surface area contributed by atoms with E-state index in [1.807, 2.05) is 6.07 Å². The minimum Gasteiger partial charge on any atom is -0.355 e. The van der Waals surface area contributed by atoms with Crippen molar-refractivity contribution in [3.8, 4) is 11.3 Å². The van der Waals surface area contributed by atoms with Gasteiger partial charge < -0.3 is 15.2 Å². The maximum Gasteiger partial charge on any atom is 0.277 e. The van der Waals surface area contributed by atoms with Crippen LogP contribution in [0.1, 0.15) is 26.4 Å². The molecule has 2 aromatic carbocycles. The maximum absolute atomic E-state index is 12.4. The number of hydrogen-bond donors (Lipinski definition) is 2. The monoisotopic (exact) mass is 353 g/mol. The lowest BCUT2D eigenvalue weighted by Crippen LogP contribution is -2.14. The molecule has 2 amide bonds. The fourth-order valence-electron chi connectivity index (χ4n) is 2.66. The predicted octanol–water partition coefficient (Wildman–Crippen LogP) is 3.49. The lowest BCUT2D eigenvalue weighted by Gasteiger charge is -2.04. The van der Waals surface area contributed by atoms with Gasteiger partial charge in [-0.3, -0.25) is 9.59 Å². The largest absolute Gasteiger partial charge is 0.355 e. The van der Waals surface area contributed by atoms with Gasteiger partial charge in [0.05, 0.1) is 5.02 Å². The minimum absolute atomic E-state index is 0.125. The number of benzene rings is 2. The molecular formula is C18H12ClN3O3. The van der Waals surface area contributed by atoms with Crippen LogP contribution in [-0.2, 0) is 6.54 Å². The Hall–Kier alpha value is -3.12. The van der Waals surface area contributed by atoms with Crippen molar-refractivity contribution in [3.05, 3.63) is 70.4 Å². The maximum atomic E-state index is 12.4. The molecule has 0 bridgehead atoms. The second-order valence-corrected chi connectivity index (χ2v) is 5.97. The van der Waals surface area contributed by atoms with Crippen LogP contribution in [0, 0.1) is 0 Å². The molecule has 4 rings (SSSR count). The highest BCUT2D eigenvalue weighted by molar-refractivity contribution is 6.33. The zero-order valence-electron chi connectivity index (χ0n) is 12.9. The SMILES string of the molecule is O=C(Nc1ccc2c(c1)C(=O)NC2)c1cc(-c2ccccc2Cl)on1. The quantitative estimate of drug-likeness (QED) is 0.754. The number of anilines is 1. The summed E-state index contributed by atoms with van der Waals surface area (Å²) < 4.78 is 5.22. The lowest BCUT2D eigenvalue weighted by atomic mass is 10.1. The van der Waals surface area contributed by atoms with Crippen LogP contribution in [0.15, 0.2) is 53.1 Å². The Labute approximate surface area is 147 Å². The van der Waals surface area contributed by atoms with Crippen LogP contribution in [0.5, 0.6) is 0 Å². The van der Waals surface area contributed by atoms with Crippen molar-refractivity contribution in [2.75, 3.05) is 5.32 Å². The number of nitrogens with zero attached hydrogens (tertiary/aromatic N) is 1. The molecule has 25 heavy (non-hydrogen) atoms. The van der Waals surface area contributed by atoms with Crippen molar-refractivity contribution >= 4 is 29.1 Å². The van der Waals surface area contributed by atoms with E-state index in [9.17, 15) is 9.59 Å². The van der Waals surface area contributed by atoms with Gasteiger partial charge in [0.15, 0.2) is 11.5 Å². The molecule has 0 radical (unpaired) electrons. The molecule has 2 heterocycles. The normalized spacial score (nSPS) is 12.6. The molecule has 1 aromatic heterocycles. The van der Waals surface area contributed by atoms with Gasteiger partial charge in [0.25, 0.3) is 11.8 Å². The van der Waals surface area contributed by atoms with E-state index in [1.165, 1.54) is 6.07 Å². The van der Waals surface area contributed by atoms with Gasteiger partial charge in [-0.05, 0) is 29.8 Å². The summed E-state index contributed by atoms with van der Waals surface area (Å²) in [6.07, 6.45) is 0. The Morgan fingerprint density at radius 1 is 1.16 bits per heavy atom. The number of aromatic nitrogens is 1. The van der Waals surface area contributed by atoms with Gasteiger partial charge in [-0.2, -0.15) is 0 Å². The third-order valence-electron chi connectivity index (χ3n) is 3.93. The first-order valence-corrected chi connectivity index (χ1v) is 7.94. The van der Waals surface area contributed by atoms with Crippen molar-refractivity contribution in [1.82, 2.24) is 10.5 Å². The molecule has 7 heteroatoms. The van der Waals surface area contributed by atoms with Gasteiger partial charge in [0.2, 0.25) is 0 Å². The van der Waals surface area contributed by atoms with E-state index in [1.54, 1.807) is 36.4 Å². The molecule has 0 saturated heterocycles. The number of amides is 2. The van der Waals surface area contributed by atoms with E-state index >= 15 is 0 Å². The number of carbonyl (C=O) groups excluding carboxylic acids is 2. The first-order chi connectivity index (χ1) is 12.1. The third kappa shape index (κ3) is 2.88. The molecule has 0 unspecified atom stereocenters. The Balaban J connectivity index is 1.56. The van der Waals surface area contributed by atoms with Crippen LogP contribution in [0.2, 0.25) is 5.02 Å². The van der Waals surface area contributed by atoms with Crippen molar-refractivity contribution < 1.29 is 14.1 Å². The third-order valence-corrected chi connectivity index (χ3v) is 4.26. The summed E-state index contributed by atoms with van der Waals surface area (Å²) in [5.41, 5.74) is 2.77. The van der Waals surface area contributed by atoms with Crippen LogP contribution >= 0.6 is 11.6 Å². The van der Waals surface area contributed by atoms with Crippen LogP contribution in [-0.4, -0.2) is 17.0 Å². The van der Waals surface area contributed by atoms with Crippen molar-refractivity contribution in [2.45, 2.75) is 6.54 Å². The van der Waals surface area contributed by atoms with Crippen molar-refractivity contribution in [2.24, 2.45) is 0 Å². The van der Waals surface area contributed by atoms with Gasteiger partial charge in [-0.1, -0.05) is 35.0 Å². The Kier molecular flexibility index (Phi) is 3.74. The molecular weight excluding hydrogens is 342 g/mol. The molecule has 0 fully saturated rings. The number of fused-ring (bicyclic) bond motifs is 1. The second-order valence-electron chi connectivity index (χ2n) is 5.56. The lowest BCUT2D eigenvalue weighted by molar-refractivity contribution is 0.0963. The van der Waals surface area contributed by atoms with E-state index in [0.29, 0.717) is 34.1 Å². The van der Waals surface area contributed by atoms with E-state index in [0.717, 1.165) is 5.56 Å². The molecule has 124 valence electrons. The molecule has 0 saturated carbocycles. The summed E-state index contributed by atoms with van der Waals surface area (Å²) >= 11 is 6.12. The highest BCUT2D eigenvalue weighted by Gasteiger charge is 2.20. The first-order valence-electron chi connectivity index (χ1n) is 7.56. The van der Waals surface area contributed by atoms with Gasteiger partial charge >= 0.3 is 0 Å². The summed E-state index contributed by atoms with van der Waals surface area (Å²) in [5.74, 6) is -0.168. The van der Waals surface area contributed by atoms with Gasteiger partial charge in [-0.15, -0.1) is 0 Å². The fourth-order valence-corrected chi connectivity index (χ4v) is 2.88. The number of hydrogen-bond acceptors (Lipinski definition) is 4. The number of rotatable bonds is 3. The van der Waals surface area contributed by atoms with E-state index in [4.69, 9.17) is 16.1 Å². The van der Waals surface area contributed by atoms with Gasteiger partial charge in [-0.25, -0.2) is 0 Å². The molecule has 1 aliphatic rings. The van der Waals surface area contributed by atoms with Crippen molar-refractivity contribution in [1.29, 1.82) is 0 Å². The minimum atomic E-state index is -0.430. The fraction of sp³-hybridized carbons (Fsp3) is 0.0556. The molecule has 3 aromatic rings. The Morgan fingerprint density at radius 3 is 2.84 bits per heavy atom. The summed E-state index contributed by atoms with van der Waals surface area (Å²) in [5, 5.41) is 9.75. The molecule has 6 nitrogen and oxygen atoms in total. The first kappa shape index (κ1) is 15.4. The zero-order valence-corrected chi connectivity index (χ0v) is 13.6. The van der Waals surface area contributed by atoms with E-state index in [2.05, 4.69) is 15.8 Å². The summed E-state index contributed by atoms with van der Waals surface area (Å²) in [6, 6.07) is 13.9. The second kappa shape index (κ2) is 6.07. The zero-order chi connectivity index (χ0) is 17.4. The number of carbonyl (C=O) groups is 2. The Bertz CT molecular complexity index is 997. The summed E-state index contributed by atoms with van der Waals surface area (Å²) in [6.45, 7) is 0.507. The summed E-state index contributed by atoms with van der Waals surface area (Å²) in [4.78, 5) is 24.1. The molecule has 2 N–H and O–H groups in total. The van der Waals surface area contributed by atoms with Gasteiger partial charge in [0, 0.05) is 29.4 Å². The highest BCUT2D eigenvalue weighted by atomic mass is 35.5. The number of nitrogens with one attached hydrogen (secondary N) is 2. The van der Waals surface area contributed by atoms with Crippen LogP contribution in [0.25, 0.3) is 11.3 Å². The molecule has 0 spiro atoms. The van der Waals surface area contributed by atoms with E-state index in [-0.39, 0.29) is 11.6 Å². The Morgan fingerprint density at radius 2 is 2.00 bits per heavy atom. The average Bonchev–Trinajstić information content (AvgIpc) is 3.23. The highest BCUT2D eigenvalue weighted by Crippen LogP contribution is 2.28. The molecule has 0 atom stereocenters. The van der Waals surface area contributed by atoms with Crippen LogP contribution in [0.3, 0.4) is 0 Å². The standard InChI is InChI=1S/C18H12ClN3O3/c19-14-4-2-1-3-12(14)16-8-15(22-25-16)18(24)21-11-6-5-10-9-20-17(23)13(10)7-11/h1-8H,9H2,(H,20,23)(H,21,24). The molecule has 0 aliphatic carbocycles. The smallest absolute Gasteiger partial charge is 0.277 e. The van der Waals surface area contributed by atoms with Gasteiger partial charge in [0.1, 0.15) is 0 Å². The number of halogens is 1. The van der Waals surface area contributed by atoms with E-state index < -0.39 is 5.91 Å². The van der Waals surface area contributed by atoms with Crippen LogP contribution in [0.4, 0.5) is 5.69 Å². The van der Waals surface area contributed by atoms with Crippen LogP contribution < -0.4 is 10.6 Å². The average molecular weight is 354 g/mol. The topological polar surface area (TPSA) is 84.2 Å². The molecule has 1 aliphatic heterocycles.